The highest BCUT2D eigenvalue weighted by molar-refractivity contribution is 6.30. The number of hydrogen-bond donors (Lipinski definition) is 1. The van der Waals surface area contributed by atoms with Crippen molar-refractivity contribution in [3.05, 3.63) is 65.2 Å². The molecule has 1 heterocycles. The van der Waals surface area contributed by atoms with Gasteiger partial charge in [0.15, 0.2) is 0 Å². The average Bonchev–Trinajstić information content (AvgIpc) is 2.84. The summed E-state index contributed by atoms with van der Waals surface area (Å²) in [5.41, 5.74) is 0.782. The van der Waals surface area contributed by atoms with Crippen molar-refractivity contribution in [2.75, 3.05) is 26.8 Å². The standard InChI is InChI=1S/C25H29ClN2O5/c1-32-24(30)17-22(18-7-9-20(26)10-8-18)27-25(31)19-11-14-28(15-12-19)23(29)13-16-33-21-5-3-2-4-6-21/h2-10,19,22H,11-17H2,1H3,(H,27,31). The van der Waals surface area contributed by atoms with Crippen LogP contribution in [0.1, 0.15) is 37.3 Å². The van der Waals surface area contributed by atoms with E-state index in [9.17, 15) is 14.4 Å². The molecule has 0 spiro atoms. The van der Waals surface area contributed by atoms with Gasteiger partial charge in [-0.25, -0.2) is 0 Å². The van der Waals surface area contributed by atoms with Gasteiger partial charge in [-0.2, -0.15) is 0 Å². The van der Waals surface area contributed by atoms with Crippen molar-refractivity contribution in [2.45, 2.75) is 31.7 Å². The highest BCUT2D eigenvalue weighted by Crippen LogP contribution is 2.23. The van der Waals surface area contributed by atoms with Crippen LogP contribution in [-0.2, 0) is 19.1 Å². The van der Waals surface area contributed by atoms with Gasteiger partial charge in [-0.1, -0.05) is 41.9 Å². The van der Waals surface area contributed by atoms with Gasteiger partial charge < -0.3 is 19.7 Å². The number of amides is 2. The molecule has 2 amide bonds. The van der Waals surface area contributed by atoms with E-state index in [2.05, 4.69) is 5.32 Å². The zero-order valence-electron chi connectivity index (χ0n) is 18.7. The number of methoxy groups -OCH3 is 1. The molecule has 1 atom stereocenters. The number of rotatable bonds is 9. The van der Waals surface area contributed by atoms with Crippen LogP contribution in [0.5, 0.6) is 5.75 Å². The molecule has 1 fully saturated rings. The Balaban J connectivity index is 1.48. The summed E-state index contributed by atoms with van der Waals surface area (Å²) in [5, 5.41) is 3.55. The molecule has 1 aliphatic rings. The number of carbonyl (C=O) groups is 3. The molecule has 3 rings (SSSR count). The number of piperidine rings is 1. The molecule has 1 unspecified atom stereocenters. The van der Waals surface area contributed by atoms with E-state index in [1.807, 2.05) is 30.3 Å². The van der Waals surface area contributed by atoms with Crippen LogP contribution in [0.25, 0.3) is 0 Å². The molecule has 0 aromatic heterocycles. The van der Waals surface area contributed by atoms with E-state index in [0.29, 0.717) is 44.0 Å². The Morgan fingerprint density at radius 2 is 1.73 bits per heavy atom. The Hall–Kier alpha value is -3.06. The van der Waals surface area contributed by atoms with E-state index in [1.54, 1.807) is 29.2 Å². The van der Waals surface area contributed by atoms with Crippen LogP contribution in [0.3, 0.4) is 0 Å². The third-order valence-corrected chi connectivity index (χ3v) is 5.99. The normalized spacial score (nSPS) is 14.9. The van der Waals surface area contributed by atoms with E-state index in [0.717, 1.165) is 11.3 Å². The number of likely N-dealkylation sites (tertiary alicyclic amines) is 1. The third-order valence-electron chi connectivity index (χ3n) is 5.73. The lowest BCUT2D eigenvalue weighted by molar-refractivity contribution is -0.142. The number of para-hydroxylation sites is 1. The fourth-order valence-corrected chi connectivity index (χ4v) is 3.93. The van der Waals surface area contributed by atoms with Crippen LogP contribution < -0.4 is 10.1 Å². The molecule has 33 heavy (non-hydrogen) atoms. The molecule has 1 aliphatic heterocycles. The molecule has 0 bridgehead atoms. The number of nitrogens with one attached hydrogen (secondary N) is 1. The van der Waals surface area contributed by atoms with E-state index >= 15 is 0 Å². The van der Waals surface area contributed by atoms with Crippen molar-refractivity contribution in [2.24, 2.45) is 5.92 Å². The molecule has 2 aromatic rings. The van der Waals surface area contributed by atoms with E-state index in [1.165, 1.54) is 7.11 Å². The fourth-order valence-electron chi connectivity index (χ4n) is 3.81. The molecule has 0 aliphatic carbocycles. The SMILES string of the molecule is COC(=O)CC(NC(=O)C1CCN(C(=O)CCOc2ccccc2)CC1)c1ccc(Cl)cc1. The van der Waals surface area contributed by atoms with Crippen molar-refractivity contribution in [3.63, 3.8) is 0 Å². The van der Waals surface area contributed by atoms with Crippen LogP contribution in [-0.4, -0.2) is 49.5 Å². The van der Waals surface area contributed by atoms with Gasteiger partial charge in [0.1, 0.15) is 5.75 Å². The number of benzene rings is 2. The topological polar surface area (TPSA) is 84.9 Å². The largest absolute Gasteiger partial charge is 0.493 e. The number of esters is 1. The van der Waals surface area contributed by atoms with Crippen molar-refractivity contribution >= 4 is 29.4 Å². The summed E-state index contributed by atoms with van der Waals surface area (Å²) in [4.78, 5) is 39.0. The van der Waals surface area contributed by atoms with Crippen molar-refractivity contribution in [1.29, 1.82) is 0 Å². The highest BCUT2D eigenvalue weighted by atomic mass is 35.5. The van der Waals surface area contributed by atoms with E-state index in [4.69, 9.17) is 21.1 Å². The molecular formula is C25H29ClN2O5. The predicted octanol–water partition coefficient (Wildman–Crippen LogP) is 3.77. The first-order chi connectivity index (χ1) is 16.0. The molecule has 1 N–H and O–H groups in total. The molecular weight excluding hydrogens is 444 g/mol. The summed E-state index contributed by atoms with van der Waals surface area (Å²) in [6.45, 7) is 1.36. The van der Waals surface area contributed by atoms with E-state index in [-0.39, 0.29) is 24.2 Å². The monoisotopic (exact) mass is 472 g/mol. The summed E-state index contributed by atoms with van der Waals surface area (Å²) in [6, 6.07) is 15.9. The zero-order valence-corrected chi connectivity index (χ0v) is 19.4. The van der Waals surface area contributed by atoms with Gasteiger partial charge in [0.05, 0.1) is 32.6 Å². The van der Waals surface area contributed by atoms with Crippen LogP contribution in [0.4, 0.5) is 0 Å². The van der Waals surface area contributed by atoms with Gasteiger partial charge in [-0.05, 0) is 42.7 Å². The maximum absolute atomic E-state index is 12.9. The number of hydrogen-bond acceptors (Lipinski definition) is 5. The maximum atomic E-state index is 12.9. The van der Waals surface area contributed by atoms with Crippen molar-refractivity contribution < 1.29 is 23.9 Å². The Bertz CT molecular complexity index is 928. The Morgan fingerprint density at radius 1 is 1.06 bits per heavy atom. The second kappa shape index (κ2) is 12.3. The number of ether oxygens (including phenoxy) is 2. The highest BCUT2D eigenvalue weighted by Gasteiger charge is 2.29. The quantitative estimate of drug-likeness (QED) is 0.561. The van der Waals surface area contributed by atoms with Crippen molar-refractivity contribution in [3.8, 4) is 5.75 Å². The molecule has 1 saturated heterocycles. The Kier molecular flexibility index (Phi) is 9.13. The number of halogens is 1. The number of nitrogens with zero attached hydrogens (tertiary/aromatic N) is 1. The number of carbonyl (C=O) groups excluding carboxylic acids is 3. The Morgan fingerprint density at radius 3 is 2.36 bits per heavy atom. The van der Waals surface area contributed by atoms with Crippen LogP contribution in [0.2, 0.25) is 5.02 Å². The first kappa shape index (κ1) is 24.6. The maximum Gasteiger partial charge on any atom is 0.307 e. The lowest BCUT2D eigenvalue weighted by atomic mass is 9.94. The Labute approximate surface area is 199 Å². The molecule has 0 saturated carbocycles. The first-order valence-electron chi connectivity index (χ1n) is 11.0. The molecule has 0 radical (unpaired) electrons. The molecule has 8 heteroatoms. The minimum absolute atomic E-state index is 0.0227. The zero-order chi connectivity index (χ0) is 23.6. The van der Waals surface area contributed by atoms with E-state index < -0.39 is 12.0 Å². The van der Waals surface area contributed by atoms with Gasteiger partial charge in [-0.3, -0.25) is 14.4 Å². The third kappa shape index (κ3) is 7.49. The minimum atomic E-state index is -0.503. The minimum Gasteiger partial charge on any atom is -0.493 e. The summed E-state index contributed by atoms with van der Waals surface area (Å²) >= 11 is 5.96. The molecule has 176 valence electrons. The van der Waals surface area contributed by atoms with Crippen LogP contribution in [0, 0.1) is 5.92 Å². The summed E-state index contributed by atoms with van der Waals surface area (Å²) < 4.78 is 10.4. The lowest BCUT2D eigenvalue weighted by Crippen LogP contribution is -2.44. The molecule has 2 aromatic carbocycles. The fraction of sp³-hybridized carbons (Fsp3) is 0.400. The van der Waals surface area contributed by atoms with Gasteiger partial charge >= 0.3 is 5.97 Å². The average molecular weight is 473 g/mol. The van der Waals surface area contributed by atoms with Crippen LogP contribution >= 0.6 is 11.6 Å². The van der Waals surface area contributed by atoms with Crippen LogP contribution in [0.15, 0.2) is 54.6 Å². The van der Waals surface area contributed by atoms with Gasteiger partial charge in [0, 0.05) is 24.0 Å². The molecule has 7 nitrogen and oxygen atoms in total. The predicted molar refractivity (Wildman–Crippen MR) is 125 cm³/mol. The first-order valence-corrected chi connectivity index (χ1v) is 11.4. The lowest BCUT2D eigenvalue weighted by Gasteiger charge is -2.32. The second-order valence-corrected chi connectivity index (χ2v) is 8.40. The van der Waals surface area contributed by atoms with Crippen molar-refractivity contribution in [1.82, 2.24) is 10.2 Å². The summed E-state index contributed by atoms with van der Waals surface area (Å²) in [7, 11) is 1.32. The van der Waals surface area contributed by atoms with Gasteiger partial charge in [0.25, 0.3) is 0 Å². The van der Waals surface area contributed by atoms with Gasteiger partial charge in [0.2, 0.25) is 11.8 Å². The summed E-state index contributed by atoms with van der Waals surface area (Å²) in [5.74, 6) is 0.00575. The smallest absolute Gasteiger partial charge is 0.307 e. The van der Waals surface area contributed by atoms with Gasteiger partial charge in [-0.15, -0.1) is 0 Å². The summed E-state index contributed by atoms with van der Waals surface area (Å²) in [6.07, 6.45) is 1.47. The second-order valence-electron chi connectivity index (χ2n) is 7.96.